The van der Waals surface area contributed by atoms with E-state index in [0.29, 0.717) is 11.3 Å². The van der Waals surface area contributed by atoms with Crippen LogP contribution in [0.4, 0.5) is 0 Å². The lowest BCUT2D eigenvalue weighted by Crippen LogP contribution is -2.51. The van der Waals surface area contributed by atoms with E-state index < -0.39 is 22.0 Å². The van der Waals surface area contributed by atoms with Crippen LogP contribution in [-0.2, 0) is 27.8 Å². The molecule has 2 aromatic carbocycles. The van der Waals surface area contributed by atoms with Gasteiger partial charge in [-0.2, -0.15) is 4.31 Å². The Morgan fingerprint density at radius 2 is 1.58 bits per heavy atom. The number of hydrogen-bond donors (Lipinski definition) is 1. The largest absolute Gasteiger partial charge is 0.368 e. The predicted molar refractivity (Wildman–Crippen MR) is 101 cm³/mol. The van der Waals surface area contributed by atoms with Gasteiger partial charge in [-0.25, -0.2) is 8.42 Å². The van der Waals surface area contributed by atoms with Gasteiger partial charge in [-0.3, -0.25) is 4.79 Å². The summed E-state index contributed by atoms with van der Waals surface area (Å²) in [4.78, 5) is 12.4. The number of aryl methyl sites for hydroxylation is 2. The van der Waals surface area contributed by atoms with E-state index in [1.807, 2.05) is 58.0 Å². The Labute approximate surface area is 154 Å². The fourth-order valence-corrected chi connectivity index (χ4v) is 5.83. The number of hydrogen-bond acceptors (Lipinski definition) is 3. The summed E-state index contributed by atoms with van der Waals surface area (Å²) < 4.78 is 28.4. The van der Waals surface area contributed by atoms with Gasteiger partial charge < -0.3 is 5.73 Å². The molecule has 1 heterocycles. The number of rotatable bonds is 3. The standard InChI is InChI=1S/C20H24N2O3S/c1-12-9-13(2)15(4)19(14(12)3)26(24,25)22-11-17-8-6-5-7-16(17)10-18(22)20(21)23/h5-9,18H,10-11H2,1-4H3,(H2,21,23). The highest BCUT2D eigenvalue weighted by Crippen LogP contribution is 2.33. The Bertz CT molecular complexity index is 970. The van der Waals surface area contributed by atoms with Crippen LogP contribution in [0.1, 0.15) is 33.4 Å². The summed E-state index contributed by atoms with van der Waals surface area (Å²) in [6.07, 6.45) is 0.299. The topological polar surface area (TPSA) is 80.5 Å². The van der Waals surface area contributed by atoms with Gasteiger partial charge >= 0.3 is 0 Å². The molecule has 0 aromatic heterocycles. The Kier molecular flexibility index (Phi) is 4.67. The van der Waals surface area contributed by atoms with E-state index in [0.717, 1.165) is 33.4 Å². The Balaban J connectivity index is 2.19. The summed E-state index contributed by atoms with van der Waals surface area (Å²) in [5, 5.41) is 0. The molecule has 1 atom stereocenters. The average molecular weight is 372 g/mol. The minimum absolute atomic E-state index is 0.151. The molecule has 26 heavy (non-hydrogen) atoms. The molecular weight excluding hydrogens is 348 g/mol. The summed E-state index contributed by atoms with van der Waals surface area (Å²) in [7, 11) is -3.87. The van der Waals surface area contributed by atoms with Gasteiger partial charge in [-0.15, -0.1) is 0 Å². The average Bonchev–Trinajstić information content (AvgIpc) is 2.58. The first-order chi connectivity index (χ1) is 12.1. The summed E-state index contributed by atoms with van der Waals surface area (Å²) in [6.45, 7) is 7.57. The van der Waals surface area contributed by atoms with Crippen LogP contribution in [0.5, 0.6) is 0 Å². The summed E-state index contributed by atoms with van der Waals surface area (Å²) >= 11 is 0. The van der Waals surface area contributed by atoms with E-state index in [9.17, 15) is 13.2 Å². The molecular formula is C20H24N2O3S. The number of fused-ring (bicyclic) bond motifs is 1. The van der Waals surface area contributed by atoms with E-state index in [1.54, 1.807) is 0 Å². The smallest absolute Gasteiger partial charge is 0.244 e. The number of sulfonamides is 1. The number of benzene rings is 2. The molecule has 0 saturated carbocycles. The first-order valence-corrected chi connectivity index (χ1v) is 10.0. The molecule has 138 valence electrons. The van der Waals surface area contributed by atoms with E-state index in [1.165, 1.54) is 4.31 Å². The van der Waals surface area contributed by atoms with Crippen LogP contribution < -0.4 is 5.73 Å². The van der Waals surface area contributed by atoms with Gasteiger partial charge in [-0.1, -0.05) is 30.3 Å². The molecule has 3 rings (SSSR count). The normalized spacial score (nSPS) is 17.8. The molecule has 1 aliphatic rings. The molecule has 2 aromatic rings. The third-order valence-electron chi connectivity index (χ3n) is 5.40. The van der Waals surface area contributed by atoms with Crippen molar-refractivity contribution in [2.75, 3.05) is 0 Å². The zero-order chi connectivity index (χ0) is 19.2. The highest BCUT2D eigenvalue weighted by atomic mass is 32.2. The van der Waals surface area contributed by atoms with Crippen LogP contribution in [0.15, 0.2) is 35.2 Å². The highest BCUT2D eigenvalue weighted by Gasteiger charge is 2.40. The molecule has 0 bridgehead atoms. The maximum absolute atomic E-state index is 13.6. The number of primary amides is 1. The van der Waals surface area contributed by atoms with Crippen LogP contribution in [0.3, 0.4) is 0 Å². The molecule has 0 spiro atoms. The van der Waals surface area contributed by atoms with Crippen LogP contribution in [0.2, 0.25) is 0 Å². The number of carbonyl (C=O) groups is 1. The number of nitrogens with two attached hydrogens (primary N) is 1. The molecule has 2 N–H and O–H groups in total. The van der Waals surface area contributed by atoms with Gasteiger partial charge in [-0.05, 0) is 67.5 Å². The first kappa shape index (κ1) is 18.6. The zero-order valence-electron chi connectivity index (χ0n) is 15.5. The second-order valence-corrected chi connectivity index (χ2v) is 8.86. The number of amides is 1. The Morgan fingerprint density at radius 3 is 2.12 bits per heavy atom. The molecule has 0 aliphatic carbocycles. The summed E-state index contributed by atoms with van der Waals surface area (Å²) in [5.74, 6) is -0.622. The lowest BCUT2D eigenvalue weighted by molar-refractivity contribution is -0.122. The maximum Gasteiger partial charge on any atom is 0.244 e. The van der Waals surface area contributed by atoms with E-state index >= 15 is 0 Å². The van der Waals surface area contributed by atoms with Crippen LogP contribution >= 0.6 is 0 Å². The monoisotopic (exact) mass is 372 g/mol. The lowest BCUT2D eigenvalue weighted by Gasteiger charge is -2.35. The molecule has 1 aliphatic heterocycles. The summed E-state index contributed by atoms with van der Waals surface area (Å²) in [5.41, 5.74) is 10.7. The van der Waals surface area contributed by atoms with Crippen molar-refractivity contribution in [2.24, 2.45) is 5.73 Å². The minimum Gasteiger partial charge on any atom is -0.368 e. The van der Waals surface area contributed by atoms with Crippen molar-refractivity contribution in [3.63, 3.8) is 0 Å². The second kappa shape index (κ2) is 6.52. The van der Waals surface area contributed by atoms with Crippen molar-refractivity contribution in [3.8, 4) is 0 Å². The number of nitrogens with zero attached hydrogens (tertiary/aromatic N) is 1. The van der Waals surface area contributed by atoms with E-state index in [4.69, 9.17) is 5.73 Å². The molecule has 1 amide bonds. The fourth-order valence-electron chi connectivity index (χ4n) is 3.68. The van der Waals surface area contributed by atoms with Crippen molar-refractivity contribution >= 4 is 15.9 Å². The maximum atomic E-state index is 13.6. The molecule has 1 unspecified atom stereocenters. The SMILES string of the molecule is Cc1cc(C)c(C)c(S(=O)(=O)N2Cc3ccccc3CC2C(N)=O)c1C. The van der Waals surface area contributed by atoms with Gasteiger partial charge in [0, 0.05) is 6.54 Å². The molecule has 5 nitrogen and oxygen atoms in total. The molecule has 0 fully saturated rings. The van der Waals surface area contributed by atoms with Crippen LogP contribution in [0, 0.1) is 27.7 Å². The van der Waals surface area contributed by atoms with Crippen molar-refractivity contribution in [3.05, 3.63) is 63.7 Å². The van der Waals surface area contributed by atoms with Crippen molar-refractivity contribution in [1.29, 1.82) is 0 Å². The molecule has 6 heteroatoms. The molecule has 0 saturated heterocycles. The van der Waals surface area contributed by atoms with Crippen LogP contribution in [0.25, 0.3) is 0 Å². The Morgan fingerprint density at radius 1 is 1.04 bits per heavy atom. The fraction of sp³-hybridized carbons (Fsp3) is 0.350. The van der Waals surface area contributed by atoms with Gasteiger partial charge in [0.05, 0.1) is 4.90 Å². The minimum atomic E-state index is -3.87. The van der Waals surface area contributed by atoms with Crippen molar-refractivity contribution in [1.82, 2.24) is 4.31 Å². The summed E-state index contributed by atoms with van der Waals surface area (Å²) in [6, 6.07) is 8.69. The third kappa shape index (κ3) is 2.93. The van der Waals surface area contributed by atoms with Gasteiger partial charge in [0.1, 0.15) is 6.04 Å². The highest BCUT2D eigenvalue weighted by molar-refractivity contribution is 7.89. The van der Waals surface area contributed by atoms with Gasteiger partial charge in [0.15, 0.2) is 0 Å². The predicted octanol–water partition coefficient (Wildman–Crippen LogP) is 2.52. The number of carbonyl (C=O) groups excluding carboxylic acids is 1. The first-order valence-electron chi connectivity index (χ1n) is 8.60. The van der Waals surface area contributed by atoms with Crippen molar-refractivity contribution in [2.45, 2.75) is 51.6 Å². The van der Waals surface area contributed by atoms with E-state index in [2.05, 4.69) is 0 Å². The van der Waals surface area contributed by atoms with Gasteiger partial charge in [0.2, 0.25) is 15.9 Å². The third-order valence-corrected chi connectivity index (χ3v) is 7.53. The quantitative estimate of drug-likeness (QED) is 0.899. The van der Waals surface area contributed by atoms with Crippen molar-refractivity contribution < 1.29 is 13.2 Å². The Hall–Kier alpha value is -2.18. The van der Waals surface area contributed by atoms with Crippen LogP contribution in [-0.4, -0.2) is 24.7 Å². The lowest BCUT2D eigenvalue weighted by atomic mass is 9.95. The van der Waals surface area contributed by atoms with Gasteiger partial charge in [0.25, 0.3) is 0 Å². The molecule has 0 radical (unpaired) electrons. The van der Waals surface area contributed by atoms with E-state index in [-0.39, 0.29) is 6.54 Å². The zero-order valence-corrected chi connectivity index (χ0v) is 16.4. The second-order valence-electron chi connectivity index (χ2n) is 7.03.